The van der Waals surface area contributed by atoms with Crippen LogP contribution in [0.3, 0.4) is 0 Å². The number of aryl methyl sites for hydroxylation is 1. The smallest absolute Gasteiger partial charge is 0.322 e. The molecule has 2 heterocycles. The maximum absolute atomic E-state index is 13.0. The average Bonchev–Trinajstić information content (AvgIpc) is 3.00. The molecule has 0 saturated carbocycles. The molecular weight excluding hydrogens is 468 g/mol. The lowest BCUT2D eigenvalue weighted by atomic mass is 9.93. The Morgan fingerprint density at radius 2 is 1.91 bits per heavy atom. The van der Waals surface area contributed by atoms with Crippen LogP contribution < -0.4 is 11.1 Å². The highest BCUT2D eigenvalue weighted by Crippen LogP contribution is 2.28. The summed E-state index contributed by atoms with van der Waals surface area (Å²) in [4.78, 5) is 41.3. The van der Waals surface area contributed by atoms with Gasteiger partial charge < -0.3 is 26.0 Å². The monoisotopic (exact) mass is 498 g/mol. The van der Waals surface area contributed by atoms with Crippen LogP contribution in [-0.2, 0) is 22.4 Å². The standard InChI is InChI=1S/C26H31ClN4O4/c1-16-12-17(14-21(27)24(16)28)13-19(25(33)34)15-23(32)30-9-7-20(8-10-30)31-11-6-18-4-2-3-5-22(18)29-26(31)35/h2-5,12,14,19-20H,6-11,13,15,28H2,1H3,(H,29,35)(H,33,34). The minimum Gasteiger partial charge on any atom is -0.481 e. The summed E-state index contributed by atoms with van der Waals surface area (Å²) in [5.74, 6) is -2.05. The van der Waals surface area contributed by atoms with Gasteiger partial charge in [0.25, 0.3) is 0 Å². The van der Waals surface area contributed by atoms with Gasteiger partial charge in [0, 0.05) is 37.8 Å². The van der Waals surface area contributed by atoms with Crippen LogP contribution in [0.25, 0.3) is 0 Å². The lowest BCUT2D eigenvalue weighted by Crippen LogP contribution is -2.50. The molecule has 0 bridgehead atoms. The first-order chi connectivity index (χ1) is 16.7. The fraction of sp³-hybridized carbons (Fsp3) is 0.423. The zero-order valence-electron chi connectivity index (χ0n) is 19.8. The van der Waals surface area contributed by atoms with Crippen LogP contribution in [0, 0.1) is 12.8 Å². The van der Waals surface area contributed by atoms with E-state index in [4.69, 9.17) is 17.3 Å². The highest BCUT2D eigenvalue weighted by atomic mass is 35.5. The molecule has 1 fully saturated rings. The minimum absolute atomic E-state index is 0.0449. The van der Waals surface area contributed by atoms with Crippen LogP contribution in [-0.4, -0.2) is 58.5 Å². The van der Waals surface area contributed by atoms with Gasteiger partial charge in [-0.2, -0.15) is 0 Å². The summed E-state index contributed by atoms with van der Waals surface area (Å²) in [5.41, 5.74) is 9.86. The number of hydrogen-bond acceptors (Lipinski definition) is 4. The summed E-state index contributed by atoms with van der Waals surface area (Å²) in [7, 11) is 0. The molecule has 4 N–H and O–H groups in total. The number of benzene rings is 2. The topological polar surface area (TPSA) is 116 Å². The minimum atomic E-state index is -1.01. The Morgan fingerprint density at radius 3 is 2.60 bits per heavy atom. The number of rotatable bonds is 6. The molecule has 2 aromatic rings. The van der Waals surface area contributed by atoms with Gasteiger partial charge >= 0.3 is 12.0 Å². The van der Waals surface area contributed by atoms with Crippen molar-refractivity contribution in [3.63, 3.8) is 0 Å². The molecule has 1 saturated heterocycles. The van der Waals surface area contributed by atoms with E-state index in [2.05, 4.69) is 5.32 Å². The Kier molecular flexibility index (Phi) is 7.50. The van der Waals surface area contributed by atoms with Gasteiger partial charge in [0.1, 0.15) is 0 Å². The van der Waals surface area contributed by atoms with E-state index in [9.17, 15) is 19.5 Å². The number of carbonyl (C=O) groups excluding carboxylic acids is 2. The number of nitrogens with one attached hydrogen (secondary N) is 1. The molecule has 1 unspecified atom stereocenters. The van der Waals surface area contributed by atoms with E-state index in [1.54, 1.807) is 11.0 Å². The molecule has 4 rings (SSSR count). The quantitative estimate of drug-likeness (QED) is 0.521. The predicted octanol–water partition coefficient (Wildman–Crippen LogP) is 3.95. The van der Waals surface area contributed by atoms with E-state index in [1.165, 1.54) is 0 Å². The van der Waals surface area contributed by atoms with Gasteiger partial charge in [0.05, 0.1) is 16.6 Å². The zero-order valence-corrected chi connectivity index (χ0v) is 20.6. The summed E-state index contributed by atoms with van der Waals surface area (Å²) in [6, 6.07) is 11.2. The van der Waals surface area contributed by atoms with Crippen molar-refractivity contribution in [2.75, 3.05) is 30.7 Å². The second kappa shape index (κ2) is 10.6. The third-order valence-electron chi connectivity index (χ3n) is 7.05. The number of hydrogen-bond donors (Lipinski definition) is 3. The van der Waals surface area contributed by atoms with Gasteiger partial charge in [0.15, 0.2) is 0 Å². The van der Waals surface area contributed by atoms with Crippen LogP contribution in [0.2, 0.25) is 5.02 Å². The second-order valence-corrected chi connectivity index (χ2v) is 9.80. The maximum atomic E-state index is 13.0. The number of nitrogen functional groups attached to an aromatic ring is 1. The molecule has 1 atom stereocenters. The molecule has 0 spiro atoms. The normalized spacial score (nSPS) is 17.4. The number of likely N-dealkylation sites (tertiary alicyclic amines) is 1. The van der Waals surface area contributed by atoms with Crippen molar-refractivity contribution in [1.82, 2.24) is 9.80 Å². The Morgan fingerprint density at radius 1 is 1.20 bits per heavy atom. The number of piperidine rings is 1. The van der Waals surface area contributed by atoms with Gasteiger partial charge in [-0.3, -0.25) is 9.59 Å². The molecule has 2 aromatic carbocycles. The number of urea groups is 1. The molecule has 0 radical (unpaired) electrons. The summed E-state index contributed by atoms with van der Waals surface area (Å²) >= 11 is 6.15. The molecule has 9 heteroatoms. The number of carboxylic acid groups (broad SMARTS) is 1. The summed E-state index contributed by atoms with van der Waals surface area (Å²) in [6.45, 7) is 3.45. The van der Waals surface area contributed by atoms with Crippen molar-refractivity contribution in [3.8, 4) is 0 Å². The van der Waals surface area contributed by atoms with E-state index in [1.807, 2.05) is 42.2 Å². The van der Waals surface area contributed by atoms with Gasteiger partial charge in [-0.25, -0.2) is 4.79 Å². The Hall–Kier alpha value is -3.26. The van der Waals surface area contributed by atoms with E-state index >= 15 is 0 Å². The number of anilines is 2. The third-order valence-corrected chi connectivity index (χ3v) is 7.36. The molecule has 2 aliphatic heterocycles. The molecular formula is C26H31ClN4O4. The van der Waals surface area contributed by atoms with Crippen LogP contribution in [0.1, 0.15) is 36.0 Å². The number of nitrogens with zero attached hydrogens (tertiary/aromatic N) is 2. The van der Waals surface area contributed by atoms with Crippen molar-refractivity contribution in [3.05, 3.63) is 58.1 Å². The lowest BCUT2D eigenvalue weighted by molar-refractivity contribution is -0.146. The van der Waals surface area contributed by atoms with Crippen molar-refractivity contribution in [2.24, 2.45) is 5.92 Å². The first-order valence-electron chi connectivity index (χ1n) is 11.9. The van der Waals surface area contributed by atoms with E-state index in [0.717, 1.165) is 28.8 Å². The highest BCUT2D eigenvalue weighted by molar-refractivity contribution is 6.33. The first-order valence-corrected chi connectivity index (χ1v) is 12.3. The maximum Gasteiger partial charge on any atom is 0.322 e. The molecule has 186 valence electrons. The highest BCUT2D eigenvalue weighted by Gasteiger charge is 2.32. The van der Waals surface area contributed by atoms with Crippen LogP contribution in [0.5, 0.6) is 0 Å². The lowest BCUT2D eigenvalue weighted by Gasteiger charge is -2.38. The van der Waals surface area contributed by atoms with Crippen molar-refractivity contribution in [2.45, 2.75) is 45.1 Å². The average molecular weight is 499 g/mol. The largest absolute Gasteiger partial charge is 0.481 e. The van der Waals surface area contributed by atoms with Crippen molar-refractivity contribution < 1.29 is 19.5 Å². The van der Waals surface area contributed by atoms with Crippen molar-refractivity contribution >= 4 is 40.9 Å². The number of fused-ring (bicyclic) bond motifs is 1. The SMILES string of the molecule is Cc1cc(CC(CC(=O)N2CCC(N3CCc4ccccc4NC3=O)CC2)C(=O)O)cc(Cl)c1N. The van der Waals surface area contributed by atoms with Crippen LogP contribution in [0.4, 0.5) is 16.2 Å². The Labute approximate surface area is 210 Å². The van der Waals surface area contributed by atoms with Gasteiger partial charge in [-0.1, -0.05) is 35.9 Å². The second-order valence-electron chi connectivity index (χ2n) is 9.39. The van der Waals surface area contributed by atoms with Crippen LogP contribution in [0.15, 0.2) is 36.4 Å². The fourth-order valence-electron chi connectivity index (χ4n) is 4.98. The summed E-state index contributed by atoms with van der Waals surface area (Å²) in [6.07, 6.45) is 2.23. The fourth-order valence-corrected chi connectivity index (χ4v) is 5.27. The molecule has 8 nitrogen and oxygen atoms in total. The first kappa shape index (κ1) is 24.9. The van der Waals surface area contributed by atoms with Gasteiger partial charge in [0.2, 0.25) is 5.91 Å². The summed E-state index contributed by atoms with van der Waals surface area (Å²) < 4.78 is 0. The Bertz CT molecular complexity index is 1110. The molecule has 35 heavy (non-hydrogen) atoms. The van der Waals surface area contributed by atoms with E-state index < -0.39 is 11.9 Å². The van der Waals surface area contributed by atoms with Gasteiger partial charge in [-0.05, 0) is 61.4 Å². The van der Waals surface area contributed by atoms with Gasteiger partial charge in [-0.15, -0.1) is 0 Å². The molecule has 0 aromatic heterocycles. The summed E-state index contributed by atoms with van der Waals surface area (Å²) in [5, 5.41) is 13.1. The van der Waals surface area contributed by atoms with Crippen LogP contribution >= 0.6 is 11.6 Å². The number of para-hydroxylation sites is 1. The number of carbonyl (C=O) groups is 3. The van der Waals surface area contributed by atoms with E-state index in [0.29, 0.717) is 43.2 Å². The number of amides is 3. The molecule has 0 aliphatic carbocycles. The zero-order chi connectivity index (χ0) is 25.1. The van der Waals surface area contributed by atoms with Crippen molar-refractivity contribution in [1.29, 1.82) is 0 Å². The predicted molar refractivity (Wildman–Crippen MR) is 136 cm³/mol. The number of aliphatic carboxylic acids is 1. The third kappa shape index (κ3) is 5.70. The molecule has 3 amide bonds. The molecule has 2 aliphatic rings. The number of halogens is 1. The number of nitrogens with two attached hydrogens (primary N) is 1. The Balaban J connectivity index is 1.33. The number of carboxylic acids is 1. The van der Waals surface area contributed by atoms with E-state index in [-0.39, 0.29) is 30.8 Å².